The monoisotopic (exact) mass is 572 g/mol. The van der Waals surface area contributed by atoms with E-state index in [-0.39, 0.29) is 42.8 Å². The van der Waals surface area contributed by atoms with Crippen molar-refractivity contribution < 1.29 is 33.3 Å². The minimum absolute atomic E-state index is 0.000640. The number of amides is 2. The number of alkyl carbamates (subject to hydrolysis) is 1. The van der Waals surface area contributed by atoms with Crippen molar-refractivity contribution in [3.8, 4) is 5.75 Å². The van der Waals surface area contributed by atoms with Gasteiger partial charge < -0.3 is 29.2 Å². The highest BCUT2D eigenvalue weighted by Crippen LogP contribution is 2.53. The number of hydrogen-bond acceptors (Lipinski definition) is 7. The summed E-state index contributed by atoms with van der Waals surface area (Å²) in [6.07, 6.45) is 0.982. The van der Waals surface area contributed by atoms with Crippen molar-refractivity contribution in [2.75, 3.05) is 13.1 Å². The second-order valence-corrected chi connectivity index (χ2v) is 14.3. The predicted octanol–water partition coefficient (Wildman–Crippen LogP) is 5.48. The molecule has 0 unspecified atom stereocenters. The van der Waals surface area contributed by atoms with E-state index in [0.717, 1.165) is 23.3 Å². The van der Waals surface area contributed by atoms with Gasteiger partial charge in [-0.3, -0.25) is 9.59 Å². The van der Waals surface area contributed by atoms with E-state index in [1.165, 1.54) is 0 Å². The third kappa shape index (κ3) is 7.73. The molecule has 1 N–H and O–H groups in total. The first-order valence-electron chi connectivity index (χ1n) is 14.9. The maximum absolute atomic E-state index is 13.8. The summed E-state index contributed by atoms with van der Waals surface area (Å²) in [5.41, 5.74) is 0.479. The van der Waals surface area contributed by atoms with Gasteiger partial charge in [-0.05, 0) is 93.2 Å². The van der Waals surface area contributed by atoms with Crippen LogP contribution in [0.4, 0.5) is 4.79 Å². The van der Waals surface area contributed by atoms with Crippen molar-refractivity contribution in [3.05, 3.63) is 29.3 Å². The van der Waals surface area contributed by atoms with Crippen molar-refractivity contribution in [2.45, 2.75) is 123 Å². The number of fused-ring (bicyclic) bond motifs is 4. The number of carbonyl (C=O) groups is 3. The number of piperidine rings is 1. The maximum atomic E-state index is 13.8. The molecule has 3 aliphatic rings. The fourth-order valence-electron chi connectivity index (χ4n) is 6.19. The van der Waals surface area contributed by atoms with Gasteiger partial charge in [-0.25, -0.2) is 4.79 Å². The fourth-order valence-corrected chi connectivity index (χ4v) is 6.19. The molecule has 2 saturated heterocycles. The van der Waals surface area contributed by atoms with E-state index in [0.29, 0.717) is 19.5 Å². The lowest BCUT2D eigenvalue weighted by Crippen LogP contribution is -2.58. The normalized spacial score (nSPS) is 25.9. The molecule has 9 nitrogen and oxygen atoms in total. The van der Waals surface area contributed by atoms with Crippen LogP contribution in [0.2, 0.25) is 0 Å². The molecular formula is C32H48N2O7. The molecule has 3 heterocycles. The summed E-state index contributed by atoms with van der Waals surface area (Å²) < 4.78 is 24.1. The molecule has 0 aliphatic carbocycles. The summed E-state index contributed by atoms with van der Waals surface area (Å²) in [6.45, 7) is 18.0. The smallest absolute Gasteiger partial charge is 0.408 e. The Bertz CT molecular complexity index is 1150. The average molecular weight is 573 g/mol. The van der Waals surface area contributed by atoms with Crippen LogP contribution in [0.15, 0.2) is 18.2 Å². The van der Waals surface area contributed by atoms with Crippen LogP contribution in [0.25, 0.3) is 0 Å². The van der Waals surface area contributed by atoms with Gasteiger partial charge in [0.05, 0.1) is 12.2 Å². The van der Waals surface area contributed by atoms with Gasteiger partial charge in [0.2, 0.25) is 5.91 Å². The van der Waals surface area contributed by atoms with Crippen LogP contribution in [-0.2, 0) is 23.8 Å². The first-order chi connectivity index (χ1) is 18.9. The molecule has 4 rings (SSSR count). The van der Waals surface area contributed by atoms with Crippen LogP contribution in [-0.4, -0.2) is 64.9 Å². The molecule has 0 aromatic heterocycles. The van der Waals surface area contributed by atoms with Crippen molar-refractivity contribution in [1.82, 2.24) is 10.2 Å². The van der Waals surface area contributed by atoms with E-state index >= 15 is 0 Å². The standard InChI is InChI=1S/C32H48N2O7/c1-19-10-11-21-25(16-19)39-32(8,9)22-17-20-18-34(15-14-24(20)38-27(21)22)28(36)23(33-29(37)41-31(5,6)7)12-13-26(35)40-30(2,3)4/h10-11,16,20,22-24,27H,12-15,17-18H2,1-9H3,(H,33,37)/t20-,22+,23-,24+,27-/m0/s1. The van der Waals surface area contributed by atoms with E-state index in [1.54, 1.807) is 46.4 Å². The lowest BCUT2D eigenvalue weighted by molar-refractivity contribution is -0.189. The fraction of sp³-hybridized carbons (Fsp3) is 0.719. The molecule has 3 aliphatic heterocycles. The number of esters is 1. The van der Waals surface area contributed by atoms with Gasteiger partial charge in [0, 0.05) is 36.9 Å². The first-order valence-corrected chi connectivity index (χ1v) is 14.9. The quantitative estimate of drug-likeness (QED) is 0.466. The zero-order valence-corrected chi connectivity index (χ0v) is 26.2. The highest BCUT2D eigenvalue weighted by Gasteiger charge is 2.51. The van der Waals surface area contributed by atoms with E-state index in [4.69, 9.17) is 18.9 Å². The average Bonchev–Trinajstić information content (AvgIpc) is 2.82. The first kappa shape index (κ1) is 31.1. The van der Waals surface area contributed by atoms with Crippen LogP contribution in [0, 0.1) is 18.8 Å². The Morgan fingerprint density at radius 3 is 2.44 bits per heavy atom. The number of likely N-dealkylation sites (tertiary alicyclic amines) is 1. The zero-order valence-electron chi connectivity index (χ0n) is 26.2. The second-order valence-electron chi connectivity index (χ2n) is 14.3. The predicted molar refractivity (Wildman–Crippen MR) is 155 cm³/mol. The summed E-state index contributed by atoms with van der Waals surface area (Å²) in [4.78, 5) is 40.7. The third-order valence-electron chi connectivity index (χ3n) is 8.01. The number of nitrogens with one attached hydrogen (secondary N) is 1. The molecule has 0 radical (unpaired) electrons. The molecule has 0 spiro atoms. The molecular weight excluding hydrogens is 524 g/mol. The van der Waals surface area contributed by atoms with Crippen LogP contribution in [0.3, 0.4) is 0 Å². The van der Waals surface area contributed by atoms with Gasteiger partial charge in [0.15, 0.2) is 0 Å². The summed E-state index contributed by atoms with van der Waals surface area (Å²) in [5, 5.41) is 2.72. The van der Waals surface area contributed by atoms with Gasteiger partial charge >= 0.3 is 12.1 Å². The van der Waals surface area contributed by atoms with Gasteiger partial charge in [-0.15, -0.1) is 0 Å². The van der Waals surface area contributed by atoms with Gasteiger partial charge in [0.25, 0.3) is 0 Å². The van der Waals surface area contributed by atoms with Crippen molar-refractivity contribution in [2.24, 2.45) is 11.8 Å². The van der Waals surface area contributed by atoms with E-state index in [1.807, 2.05) is 0 Å². The molecule has 1 aromatic rings. The summed E-state index contributed by atoms with van der Waals surface area (Å²) in [6, 6.07) is 5.40. The Balaban J connectivity index is 1.47. The highest BCUT2D eigenvalue weighted by molar-refractivity contribution is 5.86. The summed E-state index contributed by atoms with van der Waals surface area (Å²) in [7, 11) is 0. The zero-order chi connectivity index (χ0) is 30.3. The lowest BCUT2D eigenvalue weighted by atomic mass is 9.70. The molecule has 228 valence electrons. The van der Waals surface area contributed by atoms with Gasteiger partial charge in [-0.1, -0.05) is 12.1 Å². The largest absolute Gasteiger partial charge is 0.487 e. The van der Waals surface area contributed by atoms with Crippen LogP contribution in [0.5, 0.6) is 5.75 Å². The number of carbonyl (C=O) groups excluding carboxylic acids is 3. The van der Waals surface area contributed by atoms with Gasteiger partial charge in [0.1, 0.15) is 28.6 Å². The molecule has 2 amide bonds. The molecule has 1 aromatic carbocycles. The SMILES string of the molecule is Cc1ccc2c(c1)OC(C)(C)[C@@H]1C[C@H]3CN(C(=O)[C@H](CCC(=O)OC(C)(C)C)NC(=O)OC(C)(C)C)CC[C@H]3O[C@@H]21. The van der Waals surface area contributed by atoms with Crippen LogP contribution >= 0.6 is 0 Å². The van der Waals surface area contributed by atoms with Crippen LogP contribution in [0.1, 0.15) is 98.3 Å². The number of hydrogen-bond donors (Lipinski definition) is 1. The van der Waals surface area contributed by atoms with E-state index in [9.17, 15) is 14.4 Å². The number of benzene rings is 1. The van der Waals surface area contributed by atoms with Crippen LogP contribution < -0.4 is 10.1 Å². The Labute approximate surface area is 244 Å². The Morgan fingerprint density at radius 1 is 1.10 bits per heavy atom. The molecule has 5 atom stereocenters. The second kappa shape index (κ2) is 11.5. The number of rotatable bonds is 5. The number of ether oxygens (including phenoxy) is 4. The molecule has 0 saturated carbocycles. The summed E-state index contributed by atoms with van der Waals surface area (Å²) >= 11 is 0. The summed E-state index contributed by atoms with van der Waals surface area (Å²) in [5.74, 6) is 0.527. The number of nitrogens with zero attached hydrogens (tertiary/aromatic N) is 1. The van der Waals surface area contributed by atoms with Crippen molar-refractivity contribution in [3.63, 3.8) is 0 Å². The Kier molecular flexibility index (Phi) is 8.70. The topological polar surface area (TPSA) is 103 Å². The minimum atomic E-state index is -0.907. The van der Waals surface area contributed by atoms with Crippen molar-refractivity contribution >= 4 is 18.0 Å². The Morgan fingerprint density at radius 2 is 1.78 bits per heavy atom. The van der Waals surface area contributed by atoms with E-state index < -0.39 is 34.9 Å². The highest BCUT2D eigenvalue weighted by atomic mass is 16.6. The third-order valence-corrected chi connectivity index (χ3v) is 8.01. The lowest BCUT2D eigenvalue weighted by Gasteiger charge is -2.53. The molecule has 41 heavy (non-hydrogen) atoms. The molecule has 2 fully saturated rings. The molecule has 9 heteroatoms. The van der Waals surface area contributed by atoms with Gasteiger partial charge in [-0.2, -0.15) is 0 Å². The molecule has 0 bridgehead atoms. The minimum Gasteiger partial charge on any atom is -0.487 e. The van der Waals surface area contributed by atoms with Crippen molar-refractivity contribution in [1.29, 1.82) is 0 Å². The maximum Gasteiger partial charge on any atom is 0.408 e. The number of aryl methyl sites for hydroxylation is 1. The Hall–Kier alpha value is -2.81. The van der Waals surface area contributed by atoms with E-state index in [2.05, 4.69) is 44.3 Å².